The maximum Gasteiger partial charge on any atom is 0.320 e. The maximum atomic E-state index is 10.4. The fraction of sp³-hybridized carbons (Fsp3) is 0.429. The first-order valence-corrected chi connectivity index (χ1v) is 12.4. The molecule has 1 fully saturated rings. The molecule has 4 heterocycles. The molecule has 0 spiro atoms. The summed E-state index contributed by atoms with van der Waals surface area (Å²) in [7, 11) is 1.46. The van der Waals surface area contributed by atoms with Gasteiger partial charge in [-0.05, 0) is 19.1 Å². The van der Waals surface area contributed by atoms with E-state index in [9.17, 15) is 15.3 Å². The molecule has 180 valence electrons. The predicted molar refractivity (Wildman–Crippen MR) is 128 cm³/mol. The Morgan fingerprint density at radius 3 is 2.79 bits per heavy atom. The number of para-hydroxylation sites is 1. The van der Waals surface area contributed by atoms with Crippen molar-refractivity contribution in [1.82, 2.24) is 24.5 Å². The van der Waals surface area contributed by atoms with E-state index >= 15 is 0 Å². The van der Waals surface area contributed by atoms with Gasteiger partial charge in [0, 0.05) is 11.8 Å². The van der Waals surface area contributed by atoms with Crippen molar-refractivity contribution in [2.45, 2.75) is 41.8 Å². The van der Waals surface area contributed by atoms with Gasteiger partial charge in [-0.1, -0.05) is 23.9 Å². The van der Waals surface area contributed by atoms with Gasteiger partial charge in [-0.3, -0.25) is 4.57 Å². The molecule has 0 saturated carbocycles. The summed E-state index contributed by atoms with van der Waals surface area (Å²) in [5, 5.41) is 33.3. The number of hydrogen-bond donors (Lipinski definition) is 4. The zero-order valence-corrected chi connectivity index (χ0v) is 20.0. The third-order valence-electron chi connectivity index (χ3n) is 5.49. The van der Waals surface area contributed by atoms with Crippen LogP contribution in [0, 0.1) is 0 Å². The number of imidazole rings is 1. The van der Waals surface area contributed by atoms with Crippen LogP contribution in [0.3, 0.4) is 0 Å². The highest BCUT2D eigenvalue weighted by Gasteiger charge is 2.44. The average molecular weight is 505 g/mol. The van der Waals surface area contributed by atoms with E-state index in [4.69, 9.17) is 9.47 Å². The molecule has 1 saturated heterocycles. The molecule has 5 rings (SSSR count). The topological polar surface area (TPSA) is 148 Å². The molecular formula is C21H24N6O5S2. The van der Waals surface area contributed by atoms with Crippen LogP contribution in [-0.4, -0.2) is 83.6 Å². The van der Waals surface area contributed by atoms with E-state index in [0.29, 0.717) is 17.0 Å². The first-order valence-electron chi connectivity index (χ1n) is 10.6. The lowest BCUT2D eigenvalue weighted by Gasteiger charge is -2.17. The van der Waals surface area contributed by atoms with Gasteiger partial charge < -0.3 is 30.1 Å². The zero-order chi connectivity index (χ0) is 23.8. The Morgan fingerprint density at radius 1 is 1.24 bits per heavy atom. The number of hydrogen-bond acceptors (Lipinski definition) is 12. The first kappa shape index (κ1) is 23.2. The Bertz CT molecular complexity index is 1270. The van der Waals surface area contributed by atoms with Gasteiger partial charge in [0.25, 0.3) is 0 Å². The van der Waals surface area contributed by atoms with E-state index in [2.05, 4.69) is 31.3 Å². The lowest BCUT2D eigenvalue weighted by molar-refractivity contribution is -0.0511. The summed E-state index contributed by atoms with van der Waals surface area (Å²) in [6.07, 6.45) is -2.88. The molecule has 1 aromatic carbocycles. The van der Waals surface area contributed by atoms with E-state index in [1.165, 1.54) is 18.0 Å². The molecule has 1 aliphatic heterocycles. The molecule has 0 radical (unpaired) electrons. The second-order valence-electron chi connectivity index (χ2n) is 7.92. The van der Waals surface area contributed by atoms with Gasteiger partial charge in [0.05, 0.1) is 30.3 Å². The van der Waals surface area contributed by atoms with Crippen LogP contribution < -0.4 is 10.1 Å². The Hall–Kier alpha value is -2.55. The van der Waals surface area contributed by atoms with Crippen LogP contribution in [-0.2, 0) is 4.74 Å². The lowest BCUT2D eigenvalue weighted by atomic mass is 10.1. The second kappa shape index (κ2) is 9.60. The third kappa shape index (κ3) is 4.30. The van der Waals surface area contributed by atoms with Gasteiger partial charge in [0.1, 0.15) is 18.3 Å². The van der Waals surface area contributed by atoms with Crippen LogP contribution in [0.4, 0.5) is 5.82 Å². The van der Waals surface area contributed by atoms with Gasteiger partial charge in [-0.15, -0.1) is 11.3 Å². The monoisotopic (exact) mass is 504 g/mol. The van der Waals surface area contributed by atoms with Gasteiger partial charge in [0.15, 0.2) is 27.5 Å². The molecular weight excluding hydrogens is 480 g/mol. The number of nitrogens with zero attached hydrogens (tertiary/aromatic N) is 5. The van der Waals surface area contributed by atoms with Crippen LogP contribution in [0.2, 0.25) is 0 Å². The maximum absolute atomic E-state index is 10.4. The lowest BCUT2D eigenvalue weighted by Crippen LogP contribution is -2.33. The van der Waals surface area contributed by atoms with Crippen LogP contribution in [0.1, 0.15) is 13.2 Å². The summed E-state index contributed by atoms with van der Waals surface area (Å²) in [4.78, 5) is 17.9. The number of ether oxygens (including phenoxy) is 2. The Morgan fingerprint density at radius 2 is 2.06 bits per heavy atom. The second-order valence-corrected chi connectivity index (χ2v) is 10.2. The molecule has 4 N–H and O–H groups in total. The highest BCUT2D eigenvalue weighted by atomic mass is 32.2. The van der Waals surface area contributed by atoms with E-state index in [1.807, 2.05) is 25.1 Å². The normalized spacial score (nSPS) is 23.6. The number of methoxy groups -OCH3 is 1. The summed E-state index contributed by atoms with van der Waals surface area (Å²) in [5.74, 6) is 1.22. The standard InChI is InChI=1S/C21H24N6O5S2/c1-10(8-33-21-24-11-5-3-4-6-13(11)34-21)23-17-14-18(26-20(25-17)31-2)27(9-22-14)19-16(30)15(29)12(7-28)32-19/h3-6,9-10,12,15-16,19,28-30H,7-8H2,1-2H3,(H,23,25,26)/t10?,12-,15?,16?,19-/m1/s1. The number of thiazole rings is 1. The van der Waals surface area contributed by atoms with E-state index < -0.39 is 31.1 Å². The minimum atomic E-state index is -1.25. The van der Waals surface area contributed by atoms with Crippen molar-refractivity contribution >= 4 is 50.3 Å². The molecule has 0 bridgehead atoms. The van der Waals surface area contributed by atoms with Gasteiger partial charge >= 0.3 is 6.01 Å². The molecule has 4 aromatic rings. The van der Waals surface area contributed by atoms with E-state index in [1.54, 1.807) is 23.1 Å². The number of aromatic nitrogens is 5. The smallest absolute Gasteiger partial charge is 0.320 e. The van der Waals surface area contributed by atoms with Gasteiger partial charge in [-0.2, -0.15) is 9.97 Å². The highest BCUT2D eigenvalue weighted by molar-refractivity contribution is 8.01. The van der Waals surface area contributed by atoms with Crippen molar-refractivity contribution in [3.63, 3.8) is 0 Å². The van der Waals surface area contributed by atoms with Crippen molar-refractivity contribution in [3.8, 4) is 6.01 Å². The Kier molecular flexibility index (Phi) is 6.55. The quantitative estimate of drug-likeness (QED) is 0.260. The summed E-state index contributed by atoms with van der Waals surface area (Å²) < 4.78 is 14.6. The number of aliphatic hydroxyl groups is 3. The van der Waals surface area contributed by atoms with Crippen LogP contribution in [0.25, 0.3) is 21.4 Å². The molecule has 5 atom stereocenters. The molecule has 34 heavy (non-hydrogen) atoms. The molecule has 1 aliphatic rings. The van der Waals surface area contributed by atoms with E-state index in [-0.39, 0.29) is 12.1 Å². The fourth-order valence-corrected chi connectivity index (χ4v) is 5.81. The summed E-state index contributed by atoms with van der Waals surface area (Å²) >= 11 is 3.32. The third-order valence-corrected chi connectivity index (χ3v) is 7.93. The number of fused-ring (bicyclic) bond motifs is 2. The molecule has 0 amide bonds. The predicted octanol–water partition coefficient (Wildman–Crippen LogP) is 1.65. The van der Waals surface area contributed by atoms with Crippen molar-refractivity contribution in [3.05, 3.63) is 30.6 Å². The molecule has 13 heteroatoms. The van der Waals surface area contributed by atoms with Crippen LogP contribution in [0.5, 0.6) is 6.01 Å². The van der Waals surface area contributed by atoms with E-state index in [0.717, 1.165) is 20.3 Å². The SMILES string of the molecule is COc1nc(NC(C)CSc2nc3ccccc3s2)c2ncn([C@@H]3O[C@H](CO)C(O)C3O)c2n1. The summed E-state index contributed by atoms with van der Waals surface area (Å²) in [6.45, 7) is 1.61. The highest BCUT2D eigenvalue weighted by Crippen LogP contribution is 2.34. The van der Waals surface area contributed by atoms with Gasteiger partial charge in [-0.25, -0.2) is 9.97 Å². The van der Waals surface area contributed by atoms with Crippen molar-refractivity contribution in [2.75, 3.05) is 24.8 Å². The summed E-state index contributed by atoms with van der Waals surface area (Å²) in [5.41, 5.74) is 1.83. The Labute approximate surface area is 202 Å². The van der Waals surface area contributed by atoms with Crippen molar-refractivity contribution in [1.29, 1.82) is 0 Å². The fourth-order valence-electron chi connectivity index (χ4n) is 3.77. The number of anilines is 1. The average Bonchev–Trinajstić information content (AvgIpc) is 3.53. The van der Waals surface area contributed by atoms with Crippen LogP contribution in [0.15, 0.2) is 34.9 Å². The largest absolute Gasteiger partial charge is 0.467 e. The molecule has 0 aliphatic carbocycles. The van der Waals surface area contributed by atoms with Crippen LogP contribution >= 0.6 is 23.1 Å². The summed E-state index contributed by atoms with van der Waals surface area (Å²) in [6, 6.07) is 8.18. The number of rotatable bonds is 8. The zero-order valence-electron chi connectivity index (χ0n) is 18.4. The molecule has 3 aromatic heterocycles. The number of benzene rings is 1. The minimum Gasteiger partial charge on any atom is -0.467 e. The minimum absolute atomic E-state index is 0.0129. The first-order chi connectivity index (χ1) is 16.5. The number of thioether (sulfide) groups is 1. The van der Waals surface area contributed by atoms with Gasteiger partial charge in [0.2, 0.25) is 0 Å². The van der Waals surface area contributed by atoms with Crippen molar-refractivity contribution in [2.24, 2.45) is 0 Å². The number of aliphatic hydroxyl groups excluding tert-OH is 3. The molecule has 11 nitrogen and oxygen atoms in total. The number of nitrogens with one attached hydrogen (secondary N) is 1. The molecule has 3 unspecified atom stereocenters. The van der Waals surface area contributed by atoms with Crippen molar-refractivity contribution < 1.29 is 24.8 Å². The Balaban J connectivity index is 1.36.